The summed E-state index contributed by atoms with van der Waals surface area (Å²) >= 11 is -0.736. The van der Waals surface area contributed by atoms with Crippen molar-refractivity contribution in [2.45, 2.75) is 37.5 Å². The van der Waals surface area contributed by atoms with Gasteiger partial charge >= 0.3 is 182 Å². The van der Waals surface area contributed by atoms with E-state index in [0.29, 0.717) is 0 Å². The first-order chi connectivity index (χ1) is 13.8. The van der Waals surface area contributed by atoms with Crippen LogP contribution in [-0.4, -0.2) is 25.1 Å². The first-order valence-corrected chi connectivity index (χ1v) is 13.3. The predicted molar refractivity (Wildman–Crippen MR) is 122 cm³/mol. The maximum atomic E-state index is 13.7. The molecular weight excluding hydrogens is 476 g/mol. The van der Waals surface area contributed by atoms with E-state index < -0.39 is 31.7 Å². The van der Waals surface area contributed by atoms with Crippen LogP contribution in [0.3, 0.4) is 0 Å². The summed E-state index contributed by atoms with van der Waals surface area (Å²) in [5, 5.41) is 0. The van der Waals surface area contributed by atoms with Crippen LogP contribution < -0.4 is 3.61 Å². The minimum absolute atomic E-state index is 0.736. The third-order valence-electron chi connectivity index (χ3n) is 4.48. The summed E-state index contributed by atoms with van der Waals surface area (Å²) in [5.74, 6) is 0. The zero-order chi connectivity index (χ0) is 19.6. The van der Waals surface area contributed by atoms with Gasteiger partial charge in [0.15, 0.2) is 0 Å². The molecule has 3 rings (SSSR count). The second kappa shape index (κ2) is 11.4. The van der Waals surface area contributed by atoms with E-state index in [1.54, 1.807) is 0 Å². The fourth-order valence-corrected chi connectivity index (χ4v) is 8.70. The van der Waals surface area contributed by atoms with E-state index in [2.05, 4.69) is 61.5 Å². The van der Waals surface area contributed by atoms with Gasteiger partial charge in [0.2, 0.25) is 0 Å². The number of allylic oxidation sites excluding steroid dienone is 1. The third kappa shape index (κ3) is 5.92. The van der Waals surface area contributed by atoms with Crippen molar-refractivity contribution in [1.82, 2.24) is 0 Å². The number of rotatable bonds is 9. The first kappa shape index (κ1) is 21.1. The molecule has 1 atom stereocenters. The topological polar surface area (TPSA) is 17.1 Å². The Morgan fingerprint density at radius 1 is 0.786 bits per heavy atom. The molecule has 0 aromatic heterocycles. The van der Waals surface area contributed by atoms with Crippen LogP contribution in [0.15, 0.2) is 98.8 Å². The molecule has 0 amide bonds. The summed E-state index contributed by atoms with van der Waals surface area (Å²) < 4.78 is 16.2. The number of benzene rings is 3. The van der Waals surface area contributed by atoms with E-state index in [-0.39, 0.29) is 0 Å². The van der Waals surface area contributed by atoms with Crippen LogP contribution in [0.2, 0.25) is 0 Å². The van der Waals surface area contributed by atoms with Crippen LogP contribution >= 0.6 is 0 Å². The average Bonchev–Trinajstić information content (AvgIpc) is 2.77. The van der Waals surface area contributed by atoms with Crippen molar-refractivity contribution in [1.29, 1.82) is 0 Å². The van der Waals surface area contributed by atoms with Crippen LogP contribution in [0, 0.1) is 0 Å². The van der Waals surface area contributed by atoms with Crippen LogP contribution in [0.5, 0.6) is 0 Å². The summed E-state index contributed by atoms with van der Waals surface area (Å²) in [7, 11) is -1.12. The van der Waals surface area contributed by atoms with Gasteiger partial charge in [-0.05, 0) is 0 Å². The molecule has 0 fully saturated rings. The Kier molecular flexibility index (Phi) is 8.55. The zero-order valence-corrected chi connectivity index (χ0v) is 19.4. The van der Waals surface area contributed by atoms with Crippen LogP contribution in [-0.2, 0) is 10.8 Å². The molecule has 0 radical (unpaired) electrons. The molecule has 0 heterocycles. The van der Waals surface area contributed by atoms with Crippen molar-refractivity contribution >= 4 is 40.9 Å². The van der Waals surface area contributed by atoms with Crippen LogP contribution in [0.4, 0.5) is 0 Å². The molecule has 3 aromatic rings. The summed E-state index contributed by atoms with van der Waals surface area (Å²) in [6.07, 6.45) is 4.52. The van der Waals surface area contributed by atoms with Crippen molar-refractivity contribution in [2.24, 2.45) is 0 Å². The fraction of sp³-hybridized carbons (Fsp3) is 0.200. The van der Waals surface area contributed by atoms with Crippen LogP contribution in [0.1, 0.15) is 38.2 Å². The Balaban J connectivity index is 2.09. The van der Waals surface area contributed by atoms with Gasteiger partial charge in [-0.3, -0.25) is 0 Å². The Morgan fingerprint density at radius 2 is 1.36 bits per heavy atom. The number of unbranched alkanes of at least 4 members (excludes halogenated alkanes) is 2. The zero-order valence-electron chi connectivity index (χ0n) is 16.2. The van der Waals surface area contributed by atoms with Crippen LogP contribution in [0.25, 0.3) is 5.57 Å². The van der Waals surface area contributed by atoms with Crippen molar-refractivity contribution in [3.63, 3.8) is 0 Å². The molecule has 0 aliphatic carbocycles. The van der Waals surface area contributed by atoms with Gasteiger partial charge in [-0.15, -0.1) is 0 Å². The molecular formula is C25H26OSTe. The van der Waals surface area contributed by atoms with E-state index in [0.717, 1.165) is 20.7 Å². The fourth-order valence-electron chi connectivity index (χ4n) is 3.01. The van der Waals surface area contributed by atoms with E-state index in [9.17, 15) is 4.21 Å². The van der Waals surface area contributed by atoms with Gasteiger partial charge in [-0.25, -0.2) is 0 Å². The summed E-state index contributed by atoms with van der Waals surface area (Å²) in [5.41, 5.74) is 2.52. The predicted octanol–water partition coefficient (Wildman–Crippen LogP) is 5.77. The van der Waals surface area contributed by atoms with Gasteiger partial charge in [-0.1, -0.05) is 0 Å². The van der Waals surface area contributed by atoms with E-state index in [1.165, 1.54) is 27.6 Å². The Labute approximate surface area is 181 Å². The molecule has 0 aliphatic heterocycles. The van der Waals surface area contributed by atoms with Gasteiger partial charge in [0.1, 0.15) is 0 Å². The molecule has 28 heavy (non-hydrogen) atoms. The normalized spacial score (nSPS) is 13.0. The van der Waals surface area contributed by atoms with Gasteiger partial charge < -0.3 is 0 Å². The molecule has 0 saturated heterocycles. The maximum absolute atomic E-state index is 13.7. The quantitative estimate of drug-likeness (QED) is 0.268. The van der Waals surface area contributed by atoms with Gasteiger partial charge in [-0.2, -0.15) is 0 Å². The van der Waals surface area contributed by atoms with E-state index in [1.807, 2.05) is 36.4 Å². The summed E-state index contributed by atoms with van der Waals surface area (Å²) in [6, 6.07) is 31.1. The Morgan fingerprint density at radius 3 is 1.96 bits per heavy atom. The van der Waals surface area contributed by atoms with E-state index >= 15 is 0 Å². The molecule has 0 saturated carbocycles. The first-order valence-electron chi connectivity index (χ1n) is 9.78. The minimum atomic E-state index is -1.12. The average molecular weight is 502 g/mol. The molecule has 1 unspecified atom stereocenters. The standard InChI is InChI=1S/C25H26OSTe/c1-2-3-7-20-24(21-14-8-4-9-15-21)25(28-23-18-12-6-13-19-23)27(26)22-16-10-5-11-17-22/h4-6,8-19H,2-3,7,20H2,1H3/b25-24-. The second-order valence-corrected chi connectivity index (χ2v) is 11.9. The van der Waals surface area contributed by atoms with Crippen molar-refractivity contribution in [3.8, 4) is 0 Å². The molecule has 3 aromatic carbocycles. The SMILES string of the molecule is CCCCC/C(=C(/[Te]c1ccccc1)S(=O)c1ccccc1)c1ccccc1. The second-order valence-electron chi connectivity index (χ2n) is 6.59. The number of hydrogen-bond acceptors (Lipinski definition) is 1. The van der Waals surface area contributed by atoms with E-state index in [4.69, 9.17) is 0 Å². The number of hydrogen-bond donors (Lipinski definition) is 0. The molecule has 0 spiro atoms. The Hall–Kier alpha value is -1.66. The summed E-state index contributed by atoms with van der Waals surface area (Å²) in [4.78, 5) is 0.905. The monoisotopic (exact) mass is 504 g/mol. The third-order valence-corrected chi connectivity index (χ3v) is 10.3. The molecule has 0 bridgehead atoms. The Bertz CT molecular complexity index is 905. The van der Waals surface area contributed by atoms with Crippen molar-refractivity contribution < 1.29 is 4.21 Å². The molecule has 1 nitrogen and oxygen atoms in total. The van der Waals surface area contributed by atoms with Gasteiger partial charge in [0.25, 0.3) is 0 Å². The van der Waals surface area contributed by atoms with Gasteiger partial charge in [0, 0.05) is 0 Å². The van der Waals surface area contributed by atoms with Gasteiger partial charge in [0.05, 0.1) is 0 Å². The summed E-state index contributed by atoms with van der Waals surface area (Å²) in [6.45, 7) is 2.23. The molecule has 3 heteroatoms. The molecule has 0 N–H and O–H groups in total. The molecule has 0 aliphatic rings. The van der Waals surface area contributed by atoms with Crippen molar-refractivity contribution in [2.75, 3.05) is 0 Å². The van der Waals surface area contributed by atoms with Crippen molar-refractivity contribution in [3.05, 3.63) is 99.5 Å². The molecule has 144 valence electrons.